The Hall–Kier alpha value is -2.76. The van der Waals surface area contributed by atoms with Gasteiger partial charge in [0.05, 0.1) is 22.4 Å². The van der Waals surface area contributed by atoms with Crippen molar-refractivity contribution in [1.82, 2.24) is 4.31 Å². The minimum absolute atomic E-state index is 0.124. The summed E-state index contributed by atoms with van der Waals surface area (Å²) in [4.78, 5) is 25.0. The van der Waals surface area contributed by atoms with Gasteiger partial charge in [-0.25, -0.2) is 21.6 Å². The lowest BCUT2D eigenvalue weighted by atomic mass is 10.1. The van der Waals surface area contributed by atoms with Crippen LogP contribution in [0.4, 0.5) is 5.69 Å². The van der Waals surface area contributed by atoms with E-state index in [0.29, 0.717) is 31.7 Å². The van der Waals surface area contributed by atoms with E-state index >= 15 is 0 Å². The van der Waals surface area contributed by atoms with Crippen molar-refractivity contribution in [2.24, 2.45) is 0 Å². The molecule has 1 fully saturated rings. The standard InChI is InChI=1S/C22H24N2O7S2/c1-32(27,28)24-13-10-17-14-18(6-9-20(17)24)22(26)31-15-21(25)16-4-7-19(8-5-16)33(29,30)23-11-2-3-12-23/h4-9,14H,2-3,10-13,15H2,1H3. The maximum absolute atomic E-state index is 12.6. The van der Waals surface area contributed by atoms with Gasteiger partial charge in [0.2, 0.25) is 20.0 Å². The van der Waals surface area contributed by atoms with Crippen molar-refractivity contribution in [2.45, 2.75) is 24.2 Å². The summed E-state index contributed by atoms with van der Waals surface area (Å²) in [6.07, 6.45) is 3.28. The third-order valence-corrected chi connectivity index (χ3v) is 8.87. The van der Waals surface area contributed by atoms with Crippen LogP contribution in [0.15, 0.2) is 47.4 Å². The van der Waals surface area contributed by atoms with Crippen LogP contribution >= 0.6 is 0 Å². The van der Waals surface area contributed by atoms with Gasteiger partial charge in [-0.3, -0.25) is 9.10 Å². The number of hydrogen-bond donors (Lipinski definition) is 0. The largest absolute Gasteiger partial charge is 0.454 e. The fourth-order valence-electron chi connectivity index (χ4n) is 4.03. The van der Waals surface area contributed by atoms with Gasteiger partial charge >= 0.3 is 5.97 Å². The molecule has 11 heteroatoms. The highest BCUT2D eigenvalue weighted by Crippen LogP contribution is 2.31. The van der Waals surface area contributed by atoms with Crippen molar-refractivity contribution in [3.05, 3.63) is 59.2 Å². The average Bonchev–Trinajstić information content (AvgIpc) is 3.47. The number of sulfonamides is 2. The van der Waals surface area contributed by atoms with Crippen LogP contribution in [0.3, 0.4) is 0 Å². The minimum Gasteiger partial charge on any atom is -0.454 e. The third kappa shape index (κ3) is 4.80. The molecular formula is C22H24N2O7S2. The first-order valence-corrected chi connectivity index (χ1v) is 13.8. The highest BCUT2D eigenvalue weighted by Gasteiger charge is 2.28. The van der Waals surface area contributed by atoms with Crippen LogP contribution < -0.4 is 4.31 Å². The van der Waals surface area contributed by atoms with Crippen LogP contribution in [0.2, 0.25) is 0 Å². The van der Waals surface area contributed by atoms with Gasteiger partial charge in [0.15, 0.2) is 12.4 Å². The van der Waals surface area contributed by atoms with E-state index in [1.165, 1.54) is 38.9 Å². The summed E-state index contributed by atoms with van der Waals surface area (Å²) >= 11 is 0. The molecule has 0 unspecified atom stereocenters. The molecule has 4 rings (SSSR count). The summed E-state index contributed by atoms with van der Waals surface area (Å²) < 4.78 is 56.7. The van der Waals surface area contributed by atoms with E-state index in [2.05, 4.69) is 0 Å². The van der Waals surface area contributed by atoms with Gasteiger partial charge in [-0.2, -0.15) is 4.31 Å². The molecule has 2 aromatic carbocycles. The summed E-state index contributed by atoms with van der Waals surface area (Å²) in [7, 11) is -6.95. The summed E-state index contributed by atoms with van der Waals surface area (Å²) in [6.45, 7) is 0.806. The second-order valence-corrected chi connectivity index (χ2v) is 11.9. The molecular weight excluding hydrogens is 468 g/mol. The maximum atomic E-state index is 12.6. The van der Waals surface area contributed by atoms with Crippen molar-refractivity contribution in [1.29, 1.82) is 0 Å². The first-order chi connectivity index (χ1) is 15.6. The Labute approximate surface area is 193 Å². The number of carbonyl (C=O) groups excluding carboxylic acids is 2. The molecule has 33 heavy (non-hydrogen) atoms. The second kappa shape index (κ2) is 8.88. The van der Waals surface area contributed by atoms with Crippen LogP contribution in [0.1, 0.15) is 39.1 Å². The van der Waals surface area contributed by atoms with Gasteiger partial charge in [0.25, 0.3) is 0 Å². The van der Waals surface area contributed by atoms with Crippen LogP contribution in [-0.4, -0.2) is 65.4 Å². The average molecular weight is 493 g/mol. The number of hydrogen-bond acceptors (Lipinski definition) is 7. The number of anilines is 1. The van der Waals surface area contributed by atoms with Gasteiger partial charge in [-0.15, -0.1) is 0 Å². The zero-order valence-electron chi connectivity index (χ0n) is 18.1. The molecule has 2 aliphatic rings. The molecule has 9 nitrogen and oxygen atoms in total. The lowest BCUT2D eigenvalue weighted by Gasteiger charge is -2.16. The Morgan fingerprint density at radius 3 is 2.18 bits per heavy atom. The van der Waals surface area contributed by atoms with Crippen molar-refractivity contribution in [3.63, 3.8) is 0 Å². The monoisotopic (exact) mass is 492 g/mol. The number of fused-ring (bicyclic) bond motifs is 1. The highest BCUT2D eigenvalue weighted by molar-refractivity contribution is 7.92. The summed E-state index contributed by atoms with van der Waals surface area (Å²) in [5.41, 5.74) is 1.72. The van der Waals surface area contributed by atoms with Crippen LogP contribution in [-0.2, 0) is 31.2 Å². The van der Waals surface area contributed by atoms with E-state index in [1.807, 2.05) is 0 Å². The van der Waals surface area contributed by atoms with Crippen molar-refractivity contribution in [3.8, 4) is 0 Å². The zero-order chi connectivity index (χ0) is 23.8. The zero-order valence-corrected chi connectivity index (χ0v) is 19.7. The topological polar surface area (TPSA) is 118 Å². The molecule has 0 amide bonds. The molecule has 0 N–H and O–H groups in total. The van der Waals surface area contributed by atoms with Crippen molar-refractivity contribution in [2.75, 3.05) is 36.8 Å². The number of ether oxygens (including phenoxy) is 1. The lowest BCUT2D eigenvalue weighted by molar-refractivity contribution is 0.0474. The predicted octanol–water partition coefficient (Wildman–Crippen LogP) is 1.83. The first-order valence-electron chi connectivity index (χ1n) is 10.5. The highest BCUT2D eigenvalue weighted by atomic mass is 32.2. The van der Waals surface area contributed by atoms with Crippen molar-refractivity contribution >= 4 is 37.5 Å². The maximum Gasteiger partial charge on any atom is 0.338 e. The van der Waals surface area contributed by atoms with E-state index in [9.17, 15) is 26.4 Å². The Kier molecular flexibility index (Phi) is 6.30. The molecule has 2 heterocycles. The van der Waals surface area contributed by atoms with Crippen LogP contribution in [0, 0.1) is 0 Å². The SMILES string of the molecule is CS(=O)(=O)N1CCc2cc(C(=O)OCC(=O)c3ccc(S(=O)(=O)N4CCCC4)cc3)ccc21. The molecule has 0 atom stereocenters. The molecule has 0 spiro atoms. The number of Topliss-reactive ketones (excluding diaryl/α,β-unsaturated/α-hetero) is 1. The smallest absolute Gasteiger partial charge is 0.338 e. The number of ketones is 1. The van der Waals surface area contributed by atoms with Crippen LogP contribution in [0.25, 0.3) is 0 Å². The van der Waals surface area contributed by atoms with Crippen LogP contribution in [0.5, 0.6) is 0 Å². The van der Waals surface area contributed by atoms with E-state index in [1.54, 1.807) is 12.1 Å². The van der Waals surface area contributed by atoms with Gasteiger partial charge in [-0.05, 0) is 67.3 Å². The number of nitrogens with zero attached hydrogens (tertiary/aromatic N) is 2. The number of benzene rings is 2. The first kappa shape index (κ1) is 23.4. The fraction of sp³-hybridized carbons (Fsp3) is 0.364. The van der Waals surface area contributed by atoms with E-state index in [-0.39, 0.29) is 16.0 Å². The Bertz CT molecular complexity index is 1300. The molecule has 1 saturated heterocycles. The summed E-state index contributed by atoms with van der Waals surface area (Å²) in [5.74, 6) is -1.16. The minimum atomic E-state index is -3.57. The molecule has 2 aromatic rings. The van der Waals surface area contributed by atoms with E-state index in [4.69, 9.17) is 4.74 Å². The number of rotatable bonds is 7. The van der Waals surface area contributed by atoms with E-state index < -0.39 is 38.4 Å². The molecule has 0 saturated carbocycles. The molecule has 0 aliphatic carbocycles. The predicted molar refractivity (Wildman–Crippen MR) is 121 cm³/mol. The second-order valence-electron chi connectivity index (χ2n) is 8.06. The Morgan fingerprint density at radius 2 is 1.55 bits per heavy atom. The van der Waals surface area contributed by atoms with Gasteiger partial charge in [0, 0.05) is 25.2 Å². The number of esters is 1. The molecule has 0 aromatic heterocycles. The van der Waals surface area contributed by atoms with E-state index in [0.717, 1.165) is 24.7 Å². The Morgan fingerprint density at radius 1 is 0.909 bits per heavy atom. The Balaban J connectivity index is 1.39. The van der Waals surface area contributed by atoms with Gasteiger partial charge in [0.1, 0.15) is 0 Å². The quantitative estimate of drug-likeness (QED) is 0.427. The molecule has 0 radical (unpaired) electrons. The molecule has 0 bridgehead atoms. The molecule has 176 valence electrons. The number of carbonyl (C=O) groups is 2. The third-order valence-electron chi connectivity index (χ3n) is 5.78. The summed E-state index contributed by atoms with van der Waals surface area (Å²) in [5, 5.41) is 0. The normalized spacial score (nSPS) is 16.6. The van der Waals surface area contributed by atoms with Gasteiger partial charge in [-0.1, -0.05) is 0 Å². The lowest BCUT2D eigenvalue weighted by Crippen LogP contribution is -2.27. The summed E-state index contributed by atoms with van der Waals surface area (Å²) in [6, 6.07) is 10.2. The van der Waals surface area contributed by atoms with Gasteiger partial charge < -0.3 is 4.74 Å². The van der Waals surface area contributed by atoms with Crippen molar-refractivity contribution < 1.29 is 31.2 Å². The molecule has 2 aliphatic heterocycles. The fourth-order valence-corrected chi connectivity index (χ4v) is 6.51.